The zero-order valence-corrected chi connectivity index (χ0v) is 15.0. The number of nitrogens with zero attached hydrogens (tertiary/aromatic N) is 2. The molecule has 0 atom stereocenters. The molecular formula is C16H22BClN2O3. The standard InChI is InChI=1S/C16H22BClN2O3/c1-15(2)16(3,4)23-17(22-15)12-7-6-11(10-13(12)18)20-9-8-19(5)14(20)21/h6-7,10H,8-9H2,1-5H3. The first-order valence-electron chi connectivity index (χ1n) is 7.80. The molecule has 0 aromatic heterocycles. The highest BCUT2D eigenvalue weighted by Crippen LogP contribution is 2.37. The number of carbonyl (C=O) groups is 1. The van der Waals surface area contributed by atoms with E-state index in [0.717, 1.165) is 17.7 Å². The molecule has 5 nitrogen and oxygen atoms in total. The summed E-state index contributed by atoms with van der Waals surface area (Å²) in [6, 6.07) is 5.57. The zero-order valence-electron chi connectivity index (χ0n) is 14.2. The molecule has 1 aromatic rings. The van der Waals surface area contributed by atoms with E-state index in [4.69, 9.17) is 20.9 Å². The summed E-state index contributed by atoms with van der Waals surface area (Å²) < 4.78 is 12.1. The van der Waals surface area contributed by atoms with Crippen LogP contribution in [0.25, 0.3) is 0 Å². The maximum Gasteiger partial charge on any atom is 0.496 e. The Morgan fingerprint density at radius 1 is 1.13 bits per heavy atom. The fraction of sp³-hybridized carbons (Fsp3) is 0.562. The smallest absolute Gasteiger partial charge is 0.399 e. The zero-order chi connectivity index (χ0) is 17.0. The van der Waals surface area contributed by atoms with Crippen LogP contribution in [0.1, 0.15) is 27.7 Å². The predicted octanol–water partition coefficient (Wildman–Crippen LogP) is 2.51. The number of rotatable bonds is 2. The summed E-state index contributed by atoms with van der Waals surface area (Å²) in [7, 11) is 1.29. The molecule has 0 bridgehead atoms. The topological polar surface area (TPSA) is 42.0 Å². The minimum absolute atomic E-state index is 0.00977. The van der Waals surface area contributed by atoms with E-state index in [9.17, 15) is 4.79 Å². The number of hydrogen-bond acceptors (Lipinski definition) is 3. The Labute approximate surface area is 142 Å². The van der Waals surface area contributed by atoms with E-state index >= 15 is 0 Å². The van der Waals surface area contributed by atoms with E-state index < -0.39 is 18.3 Å². The van der Waals surface area contributed by atoms with Gasteiger partial charge in [-0.3, -0.25) is 4.90 Å². The minimum Gasteiger partial charge on any atom is -0.399 e. The van der Waals surface area contributed by atoms with Crippen LogP contribution in [-0.2, 0) is 9.31 Å². The molecule has 0 unspecified atom stereocenters. The molecule has 2 amide bonds. The van der Waals surface area contributed by atoms with Crippen molar-refractivity contribution in [1.29, 1.82) is 0 Å². The summed E-state index contributed by atoms with van der Waals surface area (Å²) >= 11 is 6.45. The van der Waals surface area contributed by atoms with Gasteiger partial charge in [0.1, 0.15) is 0 Å². The molecule has 0 saturated carbocycles. The van der Waals surface area contributed by atoms with E-state index in [2.05, 4.69) is 0 Å². The van der Waals surface area contributed by atoms with Crippen LogP contribution >= 0.6 is 11.6 Å². The third-order valence-electron chi connectivity index (χ3n) is 5.02. The second-order valence-corrected chi connectivity index (χ2v) is 7.56. The highest BCUT2D eigenvalue weighted by molar-refractivity contribution is 6.65. The summed E-state index contributed by atoms with van der Waals surface area (Å²) in [4.78, 5) is 15.5. The lowest BCUT2D eigenvalue weighted by atomic mass is 9.79. The summed E-state index contributed by atoms with van der Waals surface area (Å²) in [6.45, 7) is 9.42. The number of benzene rings is 1. The monoisotopic (exact) mass is 336 g/mol. The first-order chi connectivity index (χ1) is 10.6. The fourth-order valence-corrected chi connectivity index (χ4v) is 3.00. The lowest BCUT2D eigenvalue weighted by Gasteiger charge is -2.32. The molecule has 2 aliphatic heterocycles. The van der Waals surface area contributed by atoms with Crippen LogP contribution in [0.3, 0.4) is 0 Å². The Morgan fingerprint density at radius 3 is 2.22 bits per heavy atom. The van der Waals surface area contributed by atoms with Crippen molar-refractivity contribution in [3.05, 3.63) is 23.2 Å². The number of halogens is 1. The molecule has 124 valence electrons. The van der Waals surface area contributed by atoms with Gasteiger partial charge in [0.05, 0.1) is 11.2 Å². The third-order valence-corrected chi connectivity index (χ3v) is 5.35. The summed E-state index contributed by atoms with van der Waals surface area (Å²) in [6.07, 6.45) is 0. The summed E-state index contributed by atoms with van der Waals surface area (Å²) in [5.41, 5.74) is 0.763. The van der Waals surface area contributed by atoms with Crippen molar-refractivity contribution in [1.82, 2.24) is 4.90 Å². The first-order valence-corrected chi connectivity index (χ1v) is 8.18. The Balaban J connectivity index is 1.85. The lowest BCUT2D eigenvalue weighted by Crippen LogP contribution is -2.41. The second-order valence-electron chi connectivity index (χ2n) is 7.15. The largest absolute Gasteiger partial charge is 0.496 e. The van der Waals surface area contributed by atoms with Crippen LogP contribution in [0, 0.1) is 0 Å². The Morgan fingerprint density at radius 2 is 1.74 bits per heavy atom. The molecule has 23 heavy (non-hydrogen) atoms. The van der Waals surface area contributed by atoms with Gasteiger partial charge in [0.2, 0.25) is 0 Å². The Kier molecular flexibility index (Phi) is 3.90. The predicted molar refractivity (Wildman–Crippen MR) is 92.5 cm³/mol. The molecule has 2 aliphatic rings. The SMILES string of the molecule is CN1CCN(c2ccc(B3OC(C)(C)C(C)(C)O3)c(Cl)c2)C1=O. The van der Waals surface area contributed by atoms with Crippen molar-refractivity contribution < 1.29 is 14.1 Å². The van der Waals surface area contributed by atoms with Crippen molar-refractivity contribution in [2.45, 2.75) is 38.9 Å². The maximum atomic E-state index is 12.1. The number of likely N-dealkylation sites (N-methyl/N-ethyl adjacent to an activating group) is 1. The second kappa shape index (κ2) is 5.40. The van der Waals surface area contributed by atoms with Gasteiger partial charge in [-0.1, -0.05) is 17.7 Å². The van der Waals surface area contributed by atoms with Gasteiger partial charge < -0.3 is 14.2 Å². The van der Waals surface area contributed by atoms with Crippen molar-refractivity contribution in [3.63, 3.8) is 0 Å². The molecule has 3 rings (SSSR count). The van der Waals surface area contributed by atoms with Crippen molar-refractivity contribution in [2.24, 2.45) is 0 Å². The average Bonchev–Trinajstić information content (AvgIpc) is 2.87. The number of carbonyl (C=O) groups excluding carboxylic acids is 1. The molecule has 0 radical (unpaired) electrons. The van der Waals surface area contributed by atoms with Gasteiger partial charge in [-0.2, -0.15) is 0 Å². The van der Waals surface area contributed by atoms with Gasteiger partial charge in [-0.25, -0.2) is 4.79 Å². The van der Waals surface area contributed by atoms with Gasteiger partial charge in [0.25, 0.3) is 0 Å². The molecule has 7 heteroatoms. The third kappa shape index (κ3) is 2.73. The summed E-state index contributed by atoms with van der Waals surface area (Å²) in [5, 5.41) is 0.545. The molecule has 2 heterocycles. The van der Waals surface area contributed by atoms with Crippen molar-refractivity contribution >= 4 is 35.9 Å². The number of anilines is 1. The van der Waals surface area contributed by atoms with Crippen LogP contribution in [-0.4, -0.2) is 49.4 Å². The van der Waals surface area contributed by atoms with Gasteiger partial charge >= 0.3 is 13.1 Å². The van der Waals surface area contributed by atoms with Crippen molar-refractivity contribution in [2.75, 3.05) is 25.0 Å². The number of hydrogen-bond donors (Lipinski definition) is 0. The van der Waals surface area contributed by atoms with Crippen molar-refractivity contribution in [3.8, 4) is 0 Å². The highest BCUT2D eigenvalue weighted by Gasteiger charge is 2.52. The number of amides is 2. The molecule has 0 spiro atoms. The molecule has 0 aliphatic carbocycles. The Hall–Kier alpha value is -1.24. The van der Waals surface area contributed by atoms with Gasteiger partial charge in [-0.05, 0) is 39.8 Å². The number of urea groups is 1. The molecule has 1 aromatic carbocycles. The van der Waals surface area contributed by atoms with Crippen LogP contribution in [0.2, 0.25) is 5.02 Å². The summed E-state index contributed by atoms with van der Waals surface area (Å²) in [5.74, 6) is 0. The van der Waals surface area contributed by atoms with Gasteiger partial charge in [0.15, 0.2) is 0 Å². The van der Waals surface area contributed by atoms with Crippen LogP contribution < -0.4 is 10.4 Å². The minimum atomic E-state index is -0.501. The van der Waals surface area contributed by atoms with E-state index in [1.807, 2.05) is 39.8 Å². The van der Waals surface area contributed by atoms with Gasteiger partial charge in [0, 0.05) is 36.3 Å². The molecule has 2 saturated heterocycles. The van der Waals surface area contributed by atoms with Gasteiger partial charge in [-0.15, -0.1) is 0 Å². The lowest BCUT2D eigenvalue weighted by molar-refractivity contribution is 0.00578. The normalized spacial score (nSPS) is 23.0. The van der Waals surface area contributed by atoms with Crippen LogP contribution in [0.15, 0.2) is 18.2 Å². The fourth-order valence-electron chi connectivity index (χ4n) is 2.73. The quantitative estimate of drug-likeness (QED) is 0.779. The first kappa shape index (κ1) is 16.6. The van der Waals surface area contributed by atoms with E-state index in [0.29, 0.717) is 11.6 Å². The van der Waals surface area contributed by atoms with Crippen LogP contribution in [0.5, 0.6) is 0 Å². The van der Waals surface area contributed by atoms with Crippen LogP contribution in [0.4, 0.5) is 10.5 Å². The maximum absolute atomic E-state index is 12.1. The van der Waals surface area contributed by atoms with E-state index in [-0.39, 0.29) is 6.03 Å². The molecule has 2 fully saturated rings. The Bertz CT molecular complexity index is 634. The van der Waals surface area contributed by atoms with E-state index in [1.54, 1.807) is 22.9 Å². The highest BCUT2D eigenvalue weighted by atomic mass is 35.5. The molecular weight excluding hydrogens is 314 g/mol. The van der Waals surface area contributed by atoms with E-state index in [1.165, 1.54) is 0 Å². The molecule has 0 N–H and O–H groups in total. The average molecular weight is 337 g/mol.